The Kier molecular flexibility index (Phi) is 7.24. The van der Waals surface area contributed by atoms with E-state index in [1.165, 1.54) is 0 Å². The van der Waals surface area contributed by atoms with Gasteiger partial charge in [-0.15, -0.1) is 0 Å². The minimum absolute atomic E-state index is 0.132. The number of hydrogen-bond acceptors (Lipinski definition) is 5. The summed E-state index contributed by atoms with van der Waals surface area (Å²) >= 11 is 0. The summed E-state index contributed by atoms with van der Waals surface area (Å²) in [5.41, 5.74) is 1.57. The molecule has 7 nitrogen and oxygen atoms in total. The molecule has 0 spiro atoms. The van der Waals surface area contributed by atoms with Crippen LogP contribution in [-0.4, -0.2) is 49.0 Å². The number of hydrogen-bond donors (Lipinski definition) is 2. The number of aromatic nitrogens is 2. The number of nitrogens with zero attached hydrogens (tertiary/aromatic N) is 2. The number of methoxy groups -OCH3 is 1. The maximum absolute atomic E-state index is 12.2. The van der Waals surface area contributed by atoms with E-state index in [4.69, 9.17) is 9.47 Å². The highest BCUT2D eigenvalue weighted by Crippen LogP contribution is 2.15. The lowest BCUT2D eigenvalue weighted by Crippen LogP contribution is -2.32. The summed E-state index contributed by atoms with van der Waals surface area (Å²) in [6.07, 6.45) is 4.89. The first kappa shape index (κ1) is 19.4. The van der Waals surface area contributed by atoms with Crippen LogP contribution in [0.5, 0.6) is 5.75 Å². The molecule has 1 saturated heterocycles. The standard InChI is InChI=1S/C20H28N4O3/c1-26-18-7-5-16(6-8-18)15-27-13-3-11-22-20(25)19-9-12-24(23-19)17-4-2-10-21-14-17/h5-9,12,17,21H,2-4,10-11,13-15H2,1H3,(H,22,25). The van der Waals surface area contributed by atoms with Crippen molar-refractivity contribution in [3.05, 3.63) is 47.8 Å². The van der Waals surface area contributed by atoms with Gasteiger partial charge in [0.05, 0.1) is 19.8 Å². The molecule has 1 aliphatic heterocycles. The molecule has 1 aromatic carbocycles. The Morgan fingerprint density at radius 2 is 2.19 bits per heavy atom. The van der Waals surface area contributed by atoms with E-state index >= 15 is 0 Å². The number of carbonyl (C=O) groups is 1. The number of benzene rings is 1. The number of nitrogens with one attached hydrogen (secondary N) is 2. The number of rotatable bonds is 9. The van der Waals surface area contributed by atoms with Gasteiger partial charge in [0.1, 0.15) is 11.4 Å². The molecule has 0 radical (unpaired) electrons. The Balaban J connectivity index is 1.31. The van der Waals surface area contributed by atoms with Crippen LogP contribution >= 0.6 is 0 Å². The highest BCUT2D eigenvalue weighted by atomic mass is 16.5. The lowest BCUT2D eigenvalue weighted by Gasteiger charge is -2.22. The molecule has 3 rings (SSSR count). The maximum Gasteiger partial charge on any atom is 0.271 e. The van der Waals surface area contributed by atoms with Crippen LogP contribution in [0, 0.1) is 0 Å². The van der Waals surface area contributed by atoms with Gasteiger partial charge in [-0.05, 0) is 49.6 Å². The van der Waals surface area contributed by atoms with Gasteiger partial charge in [-0.2, -0.15) is 5.10 Å². The van der Waals surface area contributed by atoms with Gasteiger partial charge in [-0.3, -0.25) is 9.48 Å². The molecule has 2 aromatic rings. The minimum Gasteiger partial charge on any atom is -0.497 e. The fourth-order valence-electron chi connectivity index (χ4n) is 3.10. The molecule has 1 fully saturated rings. The summed E-state index contributed by atoms with van der Waals surface area (Å²) in [4.78, 5) is 12.2. The van der Waals surface area contributed by atoms with Crippen LogP contribution in [0.2, 0.25) is 0 Å². The van der Waals surface area contributed by atoms with Gasteiger partial charge in [0.25, 0.3) is 5.91 Å². The first-order chi connectivity index (χ1) is 13.3. The molecule has 0 saturated carbocycles. The van der Waals surface area contributed by atoms with E-state index in [1.807, 2.05) is 35.1 Å². The van der Waals surface area contributed by atoms with Crippen molar-refractivity contribution in [1.29, 1.82) is 0 Å². The molecule has 1 unspecified atom stereocenters. The Morgan fingerprint density at radius 3 is 2.93 bits per heavy atom. The van der Waals surface area contributed by atoms with Crippen LogP contribution in [0.3, 0.4) is 0 Å². The van der Waals surface area contributed by atoms with Crippen molar-refractivity contribution in [3.8, 4) is 5.75 Å². The Bertz CT molecular complexity index is 708. The molecule has 1 atom stereocenters. The number of amides is 1. The maximum atomic E-state index is 12.2. The summed E-state index contributed by atoms with van der Waals surface area (Å²) in [7, 11) is 1.65. The molecular weight excluding hydrogens is 344 g/mol. The van der Waals surface area contributed by atoms with Crippen LogP contribution in [0.25, 0.3) is 0 Å². The third kappa shape index (κ3) is 5.80. The fourth-order valence-corrected chi connectivity index (χ4v) is 3.10. The molecule has 1 aromatic heterocycles. The highest BCUT2D eigenvalue weighted by Gasteiger charge is 2.17. The third-order valence-electron chi connectivity index (χ3n) is 4.66. The zero-order chi connectivity index (χ0) is 18.9. The van der Waals surface area contributed by atoms with Crippen LogP contribution in [0.15, 0.2) is 36.5 Å². The monoisotopic (exact) mass is 372 g/mol. The van der Waals surface area contributed by atoms with E-state index in [0.717, 1.165) is 43.7 Å². The number of ether oxygens (including phenoxy) is 2. The van der Waals surface area contributed by atoms with Crippen molar-refractivity contribution in [3.63, 3.8) is 0 Å². The summed E-state index contributed by atoms with van der Waals surface area (Å²) in [6, 6.07) is 9.93. The van der Waals surface area contributed by atoms with E-state index in [-0.39, 0.29) is 5.91 Å². The lowest BCUT2D eigenvalue weighted by molar-refractivity contribution is 0.0928. The zero-order valence-corrected chi connectivity index (χ0v) is 15.8. The average molecular weight is 372 g/mol. The minimum atomic E-state index is -0.132. The average Bonchev–Trinajstić information content (AvgIpc) is 3.22. The van der Waals surface area contributed by atoms with Crippen molar-refractivity contribution >= 4 is 5.91 Å². The highest BCUT2D eigenvalue weighted by molar-refractivity contribution is 5.92. The smallest absolute Gasteiger partial charge is 0.271 e. The van der Waals surface area contributed by atoms with Crippen LogP contribution in [-0.2, 0) is 11.3 Å². The van der Waals surface area contributed by atoms with E-state index < -0.39 is 0 Å². The van der Waals surface area contributed by atoms with Gasteiger partial charge in [0, 0.05) is 25.9 Å². The predicted molar refractivity (Wildman–Crippen MR) is 103 cm³/mol. The molecule has 2 heterocycles. The SMILES string of the molecule is COc1ccc(COCCCNC(=O)c2ccn(C3CCCNC3)n2)cc1. The Morgan fingerprint density at radius 1 is 1.33 bits per heavy atom. The summed E-state index contributed by atoms with van der Waals surface area (Å²) in [5, 5.41) is 10.7. The molecule has 146 valence electrons. The first-order valence-corrected chi connectivity index (χ1v) is 9.51. The molecule has 0 bridgehead atoms. The summed E-state index contributed by atoms with van der Waals surface area (Å²) in [5.74, 6) is 0.705. The van der Waals surface area contributed by atoms with Crippen LogP contribution in [0.4, 0.5) is 0 Å². The molecular formula is C20H28N4O3. The number of piperidine rings is 1. The molecule has 1 amide bonds. The van der Waals surface area contributed by atoms with Crippen molar-refractivity contribution < 1.29 is 14.3 Å². The summed E-state index contributed by atoms with van der Waals surface area (Å²) < 4.78 is 12.7. The zero-order valence-electron chi connectivity index (χ0n) is 15.8. The van der Waals surface area contributed by atoms with Crippen molar-refractivity contribution in [2.75, 3.05) is 33.4 Å². The van der Waals surface area contributed by atoms with Gasteiger partial charge in [0.2, 0.25) is 0 Å². The summed E-state index contributed by atoms with van der Waals surface area (Å²) in [6.45, 7) is 3.69. The quantitative estimate of drug-likeness (QED) is 0.660. The van der Waals surface area contributed by atoms with Gasteiger partial charge < -0.3 is 20.1 Å². The topological polar surface area (TPSA) is 77.4 Å². The molecule has 0 aliphatic carbocycles. The van der Waals surface area contributed by atoms with Gasteiger partial charge >= 0.3 is 0 Å². The van der Waals surface area contributed by atoms with Gasteiger partial charge in [-0.1, -0.05) is 12.1 Å². The predicted octanol–water partition coefficient (Wildman–Crippen LogP) is 2.15. The van der Waals surface area contributed by atoms with E-state index in [1.54, 1.807) is 13.2 Å². The normalized spacial score (nSPS) is 16.9. The first-order valence-electron chi connectivity index (χ1n) is 9.51. The fraction of sp³-hybridized carbons (Fsp3) is 0.500. The lowest BCUT2D eigenvalue weighted by atomic mass is 10.1. The third-order valence-corrected chi connectivity index (χ3v) is 4.66. The molecule has 2 N–H and O–H groups in total. The van der Waals surface area contributed by atoms with Crippen LogP contribution in [0.1, 0.15) is 41.4 Å². The largest absolute Gasteiger partial charge is 0.497 e. The Hall–Kier alpha value is -2.38. The second-order valence-electron chi connectivity index (χ2n) is 6.69. The van der Waals surface area contributed by atoms with Crippen molar-refractivity contribution in [2.45, 2.75) is 31.9 Å². The van der Waals surface area contributed by atoms with Crippen LogP contribution < -0.4 is 15.4 Å². The van der Waals surface area contributed by atoms with Crippen molar-refractivity contribution in [2.24, 2.45) is 0 Å². The second kappa shape index (κ2) is 10.1. The van der Waals surface area contributed by atoms with Crippen molar-refractivity contribution in [1.82, 2.24) is 20.4 Å². The Labute approximate surface area is 160 Å². The van der Waals surface area contributed by atoms with Gasteiger partial charge in [0.15, 0.2) is 0 Å². The van der Waals surface area contributed by atoms with E-state index in [2.05, 4.69) is 15.7 Å². The number of carbonyl (C=O) groups excluding carboxylic acids is 1. The van der Waals surface area contributed by atoms with E-state index in [0.29, 0.717) is 31.5 Å². The molecule has 27 heavy (non-hydrogen) atoms. The molecule has 7 heteroatoms. The van der Waals surface area contributed by atoms with Gasteiger partial charge in [-0.25, -0.2) is 0 Å². The second-order valence-corrected chi connectivity index (χ2v) is 6.69. The molecule has 1 aliphatic rings. The van der Waals surface area contributed by atoms with E-state index in [9.17, 15) is 4.79 Å².